The summed E-state index contributed by atoms with van der Waals surface area (Å²) in [5.41, 5.74) is 3.04. The molecule has 0 radical (unpaired) electrons. The maximum absolute atomic E-state index is 12.4. The molecule has 0 spiro atoms. The highest BCUT2D eigenvalue weighted by atomic mass is 35.5. The Bertz CT molecular complexity index is 945. The molecule has 1 heterocycles. The zero-order valence-corrected chi connectivity index (χ0v) is 15.7. The largest absolute Gasteiger partial charge is 0.495 e. The zero-order chi connectivity index (χ0) is 19.2. The fourth-order valence-electron chi connectivity index (χ4n) is 2.51. The van der Waals surface area contributed by atoms with Crippen LogP contribution >= 0.6 is 11.6 Å². The third-order valence-electron chi connectivity index (χ3n) is 4.03. The number of hydrogen-bond acceptors (Lipinski definition) is 5. The molecular weight excluding hydrogens is 364 g/mol. The molecule has 3 aromatic rings. The van der Waals surface area contributed by atoms with Gasteiger partial charge in [-0.05, 0) is 48.4 Å². The summed E-state index contributed by atoms with van der Waals surface area (Å²) in [5.74, 6) is 0.709. The van der Waals surface area contributed by atoms with Gasteiger partial charge in [-0.1, -0.05) is 35.9 Å². The van der Waals surface area contributed by atoms with Gasteiger partial charge >= 0.3 is 0 Å². The highest BCUT2D eigenvalue weighted by molar-refractivity contribution is 6.31. The third-order valence-corrected chi connectivity index (χ3v) is 4.26. The average molecular weight is 383 g/mol. The van der Waals surface area contributed by atoms with Crippen molar-refractivity contribution in [3.8, 4) is 5.75 Å². The number of amides is 1. The monoisotopic (exact) mass is 382 g/mol. The van der Waals surface area contributed by atoms with E-state index in [9.17, 15) is 4.79 Å². The minimum atomic E-state index is -0.395. The lowest BCUT2D eigenvalue weighted by Crippen LogP contribution is -2.15. The minimum Gasteiger partial charge on any atom is -0.495 e. The Morgan fingerprint density at radius 1 is 1.11 bits per heavy atom. The van der Waals surface area contributed by atoms with Crippen molar-refractivity contribution in [1.82, 2.24) is 10.2 Å². The van der Waals surface area contributed by atoms with Crippen LogP contribution in [-0.4, -0.2) is 23.2 Å². The fraction of sp³-hybridized carbons (Fsp3) is 0.150. The fourth-order valence-corrected chi connectivity index (χ4v) is 2.68. The number of methoxy groups -OCH3 is 1. The van der Waals surface area contributed by atoms with Crippen molar-refractivity contribution in [2.24, 2.45) is 0 Å². The first-order valence-corrected chi connectivity index (χ1v) is 8.71. The number of aryl methyl sites for hydroxylation is 1. The molecule has 0 unspecified atom stereocenters. The molecule has 3 rings (SSSR count). The van der Waals surface area contributed by atoms with Crippen LogP contribution in [0.3, 0.4) is 0 Å². The lowest BCUT2D eigenvalue weighted by Gasteiger charge is -2.10. The van der Waals surface area contributed by atoms with Crippen molar-refractivity contribution in [3.63, 3.8) is 0 Å². The molecule has 0 bridgehead atoms. The molecule has 138 valence electrons. The summed E-state index contributed by atoms with van der Waals surface area (Å²) >= 11 is 5.98. The summed E-state index contributed by atoms with van der Waals surface area (Å²) in [7, 11) is 1.52. The maximum atomic E-state index is 12.4. The summed E-state index contributed by atoms with van der Waals surface area (Å²) in [6, 6.07) is 16.4. The van der Waals surface area contributed by atoms with Gasteiger partial charge in [-0.2, -0.15) is 0 Å². The quantitative estimate of drug-likeness (QED) is 0.664. The van der Waals surface area contributed by atoms with E-state index in [4.69, 9.17) is 16.3 Å². The first-order valence-electron chi connectivity index (χ1n) is 8.34. The number of anilines is 2. The smallest absolute Gasteiger partial charge is 0.276 e. The van der Waals surface area contributed by atoms with Gasteiger partial charge in [0.05, 0.1) is 12.8 Å². The Morgan fingerprint density at radius 3 is 2.63 bits per heavy atom. The molecule has 1 aromatic heterocycles. The van der Waals surface area contributed by atoms with Crippen LogP contribution < -0.4 is 15.4 Å². The van der Waals surface area contributed by atoms with E-state index in [1.54, 1.807) is 30.3 Å². The molecule has 7 heteroatoms. The van der Waals surface area contributed by atoms with Crippen molar-refractivity contribution in [1.29, 1.82) is 0 Å². The van der Waals surface area contributed by atoms with Crippen LogP contribution in [0, 0.1) is 6.92 Å². The molecule has 2 N–H and O–H groups in total. The van der Waals surface area contributed by atoms with Gasteiger partial charge in [0.2, 0.25) is 0 Å². The Hall–Kier alpha value is -3.12. The van der Waals surface area contributed by atoms with Gasteiger partial charge in [0.15, 0.2) is 5.69 Å². The molecule has 1 amide bonds. The molecule has 0 atom stereocenters. The molecule has 0 saturated heterocycles. The van der Waals surface area contributed by atoms with Crippen LogP contribution in [0.25, 0.3) is 0 Å². The number of nitrogens with zero attached hydrogens (tertiary/aromatic N) is 2. The molecule has 0 aliphatic rings. The maximum Gasteiger partial charge on any atom is 0.276 e. The average Bonchev–Trinajstić information content (AvgIpc) is 2.68. The summed E-state index contributed by atoms with van der Waals surface area (Å²) in [4.78, 5) is 12.4. The van der Waals surface area contributed by atoms with E-state index in [0.29, 0.717) is 28.8 Å². The highest BCUT2D eigenvalue weighted by Crippen LogP contribution is 2.28. The first kappa shape index (κ1) is 18.7. The number of hydrogen-bond donors (Lipinski definition) is 2. The molecular formula is C20H19ClN4O2. The number of nitrogens with one attached hydrogen (secondary N) is 2. The lowest BCUT2D eigenvalue weighted by molar-refractivity contribution is 0.102. The summed E-state index contributed by atoms with van der Waals surface area (Å²) in [6.07, 6.45) is 0. The van der Waals surface area contributed by atoms with Crippen molar-refractivity contribution in [3.05, 3.63) is 76.4 Å². The van der Waals surface area contributed by atoms with Gasteiger partial charge in [0, 0.05) is 11.6 Å². The number of benzene rings is 2. The summed E-state index contributed by atoms with van der Waals surface area (Å²) in [5, 5.41) is 14.5. The SMILES string of the molecule is COc1ccc(Cl)cc1NC(=O)c1ccc(NCc2ccccc2C)nn1. The van der Waals surface area contributed by atoms with Crippen LogP contribution in [0.4, 0.5) is 11.5 Å². The van der Waals surface area contributed by atoms with Gasteiger partial charge in [0.1, 0.15) is 11.6 Å². The Kier molecular flexibility index (Phi) is 5.88. The van der Waals surface area contributed by atoms with Crippen molar-refractivity contribution < 1.29 is 9.53 Å². The van der Waals surface area contributed by atoms with E-state index in [0.717, 1.165) is 0 Å². The van der Waals surface area contributed by atoms with Crippen LogP contribution in [0.2, 0.25) is 5.02 Å². The highest BCUT2D eigenvalue weighted by Gasteiger charge is 2.12. The Morgan fingerprint density at radius 2 is 1.93 bits per heavy atom. The van der Waals surface area contributed by atoms with E-state index in [2.05, 4.69) is 39.9 Å². The topological polar surface area (TPSA) is 76.1 Å². The number of aromatic nitrogens is 2. The van der Waals surface area contributed by atoms with Crippen LogP contribution in [-0.2, 0) is 6.54 Å². The predicted octanol–water partition coefficient (Wildman–Crippen LogP) is 4.31. The van der Waals surface area contributed by atoms with E-state index >= 15 is 0 Å². The van der Waals surface area contributed by atoms with E-state index in [1.165, 1.54) is 18.2 Å². The van der Waals surface area contributed by atoms with E-state index in [-0.39, 0.29) is 5.69 Å². The van der Waals surface area contributed by atoms with Crippen molar-refractivity contribution in [2.45, 2.75) is 13.5 Å². The number of halogens is 1. The second-order valence-corrected chi connectivity index (χ2v) is 6.32. The summed E-state index contributed by atoms with van der Waals surface area (Å²) in [6.45, 7) is 2.69. The van der Waals surface area contributed by atoms with Gasteiger partial charge in [-0.3, -0.25) is 4.79 Å². The van der Waals surface area contributed by atoms with Crippen LogP contribution in [0.5, 0.6) is 5.75 Å². The van der Waals surface area contributed by atoms with Gasteiger partial charge in [0.25, 0.3) is 5.91 Å². The van der Waals surface area contributed by atoms with Gasteiger partial charge in [-0.25, -0.2) is 0 Å². The van der Waals surface area contributed by atoms with E-state index < -0.39 is 5.91 Å². The zero-order valence-electron chi connectivity index (χ0n) is 15.0. The Balaban J connectivity index is 1.65. The minimum absolute atomic E-state index is 0.193. The lowest BCUT2D eigenvalue weighted by atomic mass is 10.1. The Labute approximate surface area is 162 Å². The van der Waals surface area contributed by atoms with Crippen LogP contribution in [0.1, 0.15) is 21.6 Å². The number of carbonyl (C=O) groups is 1. The van der Waals surface area contributed by atoms with Crippen molar-refractivity contribution in [2.75, 3.05) is 17.7 Å². The number of rotatable bonds is 6. The molecule has 27 heavy (non-hydrogen) atoms. The summed E-state index contributed by atoms with van der Waals surface area (Å²) < 4.78 is 5.22. The molecule has 0 aliphatic heterocycles. The normalized spacial score (nSPS) is 10.3. The van der Waals surface area contributed by atoms with Gasteiger partial charge in [-0.15, -0.1) is 10.2 Å². The van der Waals surface area contributed by atoms with E-state index in [1.807, 2.05) is 12.1 Å². The molecule has 2 aromatic carbocycles. The molecule has 6 nitrogen and oxygen atoms in total. The van der Waals surface area contributed by atoms with Crippen molar-refractivity contribution >= 4 is 29.0 Å². The third kappa shape index (κ3) is 4.74. The molecule has 0 saturated carbocycles. The number of ether oxygens (including phenoxy) is 1. The predicted molar refractivity (Wildman–Crippen MR) is 106 cm³/mol. The number of carbonyl (C=O) groups excluding carboxylic acids is 1. The standard InChI is InChI=1S/C20H19ClN4O2/c1-13-5-3-4-6-14(13)12-22-19-10-8-16(24-25-19)20(26)23-17-11-15(21)7-9-18(17)27-2/h3-11H,12H2,1-2H3,(H,22,25)(H,23,26). The van der Waals surface area contributed by atoms with Gasteiger partial charge < -0.3 is 15.4 Å². The first-order chi connectivity index (χ1) is 13.1. The van der Waals surface area contributed by atoms with Crippen LogP contribution in [0.15, 0.2) is 54.6 Å². The molecule has 0 fully saturated rings. The second kappa shape index (κ2) is 8.51. The second-order valence-electron chi connectivity index (χ2n) is 5.88. The molecule has 0 aliphatic carbocycles.